The molecule has 0 amide bonds. The van der Waals surface area contributed by atoms with Crippen LogP contribution in [-0.4, -0.2) is 24.3 Å². The second-order valence-electron chi connectivity index (χ2n) is 13.6. The highest BCUT2D eigenvalue weighted by molar-refractivity contribution is 6.17. The Bertz CT molecular complexity index is 3220. The van der Waals surface area contributed by atoms with Crippen molar-refractivity contribution in [3.8, 4) is 44.8 Å². The van der Waals surface area contributed by atoms with Gasteiger partial charge in [0.15, 0.2) is 0 Å². The Morgan fingerprint density at radius 3 is 2.06 bits per heavy atom. The molecule has 53 heavy (non-hydrogen) atoms. The van der Waals surface area contributed by atoms with Gasteiger partial charge in [0.05, 0.1) is 27.9 Å². The molecule has 246 valence electrons. The van der Waals surface area contributed by atoms with Crippen LogP contribution in [-0.2, 0) is 0 Å². The van der Waals surface area contributed by atoms with Crippen molar-refractivity contribution in [1.82, 2.24) is 24.3 Å². The number of aromatic nitrogens is 5. The van der Waals surface area contributed by atoms with Gasteiger partial charge in [0.1, 0.15) is 5.65 Å². The third-order valence-electron chi connectivity index (χ3n) is 10.5. The first kappa shape index (κ1) is 29.5. The fourth-order valence-electron chi connectivity index (χ4n) is 7.86. The molecule has 0 aliphatic rings. The van der Waals surface area contributed by atoms with Crippen molar-refractivity contribution in [1.29, 1.82) is 0 Å². The standard InChI is InChI=1S/C48H29N5/c1-2-7-31(8-3-1)43-29-53-26-23-41-44(48(53)52-43)40-10-4-5-11-42(40)51-45(41)33-14-12-30(13-15-33)34-16-17-36-28-37(19-18-35(36)27-34)38-22-25-50-47-39(38)21-20-32-9-6-24-49-46(32)47/h1-29H. The summed E-state index contributed by atoms with van der Waals surface area (Å²) in [5.41, 5.74) is 12.5. The topological polar surface area (TPSA) is 56.0 Å². The average Bonchev–Trinajstić information content (AvgIpc) is 3.68. The molecule has 6 aromatic carbocycles. The molecule has 5 aromatic heterocycles. The van der Waals surface area contributed by atoms with Crippen LogP contribution in [0.4, 0.5) is 0 Å². The van der Waals surface area contributed by atoms with E-state index in [9.17, 15) is 0 Å². The normalized spacial score (nSPS) is 11.8. The van der Waals surface area contributed by atoms with E-state index >= 15 is 0 Å². The van der Waals surface area contributed by atoms with E-state index in [1.807, 2.05) is 24.5 Å². The number of fused-ring (bicyclic) bond motifs is 9. The highest BCUT2D eigenvalue weighted by Crippen LogP contribution is 2.37. The molecule has 11 aromatic rings. The third kappa shape index (κ3) is 4.79. The van der Waals surface area contributed by atoms with E-state index in [0.717, 1.165) is 88.3 Å². The van der Waals surface area contributed by atoms with Gasteiger partial charge in [0.25, 0.3) is 0 Å². The lowest BCUT2D eigenvalue weighted by atomic mass is 9.95. The zero-order chi connectivity index (χ0) is 34.9. The van der Waals surface area contributed by atoms with Crippen LogP contribution in [0.15, 0.2) is 176 Å². The molecule has 0 N–H and O–H groups in total. The van der Waals surface area contributed by atoms with E-state index in [4.69, 9.17) is 15.0 Å². The van der Waals surface area contributed by atoms with Gasteiger partial charge in [-0.05, 0) is 69.4 Å². The van der Waals surface area contributed by atoms with E-state index < -0.39 is 0 Å². The fraction of sp³-hybridized carbons (Fsp3) is 0. The molecule has 0 saturated heterocycles. The predicted octanol–water partition coefficient (Wildman–Crippen LogP) is 12.0. The quantitative estimate of drug-likeness (QED) is 0.174. The summed E-state index contributed by atoms with van der Waals surface area (Å²) in [7, 11) is 0. The van der Waals surface area contributed by atoms with Crippen molar-refractivity contribution < 1.29 is 0 Å². The minimum absolute atomic E-state index is 0.929. The molecule has 0 aliphatic carbocycles. The largest absolute Gasteiger partial charge is 0.306 e. The molecule has 0 bridgehead atoms. The van der Waals surface area contributed by atoms with Gasteiger partial charge in [-0.25, -0.2) is 9.97 Å². The van der Waals surface area contributed by atoms with Crippen molar-refractivity contribution >= 4 is 59.9 Å². The summed E-state index contributed by atoms with van der Waals surface area (Å²) >= 11 is 0. The van der Waals surface area contributed by atoms with Crippen molar-refractivity contribution in [2.24, 2.45) is 0 Å². The van der Waals surface area contributed by atoms with Crippen molar-refractivity contribution in [3.05, 3.63) is 176 Å². The molecule has 0 radical (unpaired) electrons. The van der Waals surface area contributed by atoms with E-state index in [0.29, 0.717) is 0 Å². The van der Waals surface area contributed by atoms with E-state index in [-0.39, 0.29) is 0 Å². The number of pyridine rings is 4. The van der Waals surface area contributed by atoms with Crippen LogP contribution < -0.4 is 0 Å². The minimum atomic E-state index is 0.929. The summed E-state index contributed by atoms with van der Waals surface area (Å²) in [5.74, 6) is 0. The molecule has 0 spiro atoms. The summed E-state index contributed by atoms with van der Waals surface area (Å²) in [5, 5.41) is 7.88. The fourth-order valence-corrected chi connectivity index (χ4v) is 7.86. The first-order valence-electron chi connectivity index (χ1n) is 17.8. The maximum Gasteiger partial charge on any atom is 0.146 e. The Hall–Kier alpha value is -7.24. The Morgan fingerprint density at radius 2 is 1.17 bits per heavy atom. The van der Waals surface area contributed by atoms with E-state index in [2.05, 4.69) is 161 Å². The maximum atomic E-state index is 5.21. The maximum absolute atomic E-state index is 5.21. The van der Waals surface area contributed by atoms with Gasteiger partial charge >= 0.3 is 0 Å². The number of rotatable bonds is 4. The average molecular weight is 676 g/mol. The molecule has 0 aliphatic heterocycles. The number of benzene rings is 6. The monoisotopic (exact) mass is 675 g/mol. The summed E-state index contributed by atoms with van der Waals surface area (Å²) < 4.78 is 2.13. The highest BCUT2D eigenvalue weighted by atomic mass is 15.0. The number of hydrogen-bond acceptors (Lipinski definition) is 4. The van der Waals surface area contributed by atoms with Gasteiger partial charge in [-0.15, -0.1) is 0 Å². The van der Waals surface area contributed by atoms with E-state index in [1.54, 1.807) is 0 Å². The minimum Gasteiger partial charge on any atom is -0.306 e. The molecule has 0 fully saturated rings. The van der Waals surface area contributed by atoms with Gasteiger partial charge in [-0.3, -0.25) is 9.97 Å². The zero-order valence-corrected chi connectivity index (χ0v) is 28.5. The SMILES string of the molecule is c1ccc(-c2cn3ccc4c(-c5ccc(-c6ccc7cc(-c8ccnc9c8ccc8cccnc89)ccc7c6)cc5)nc5ccccc5c4c3n2)cc1. The lowest BCUT2D eigenvalue weighted by molar-refractivity contribution is 1.20. The Kier molecular flexibility index (Phi) is 6.48. The number of nitrogens with zero attached hydrogens (tertiary/aromatic N) is 5. The summed E-state index contributed by atoms with van der Waals surface area (Å²) in [6, 6.07) is 53.5. The van der Waals surface area contributed by atoms with Gasteiger partial charge in [0.2, 0.25) is 0 Å². The van der Waals surface area contributed by atoms with Gasteiger partial charge in [0, 0.05) is 62.8 Å². The Morgan fingerprint density at radius 1 is 0.434 bits per heavy atom. The van der Waals surface area contributed by atoms with Crippen LogP contribution in [0.3, 0.4) is 0 Å². The van der Waals surface area contributed by atoms with Gasteiger partial charge in [-0.2, -0.15) is 0 Å². The lowest BCUT2D eigenvalue weighted by Gasteiger charge is -2.12. The first-order valence-corrected chi connectivity index (χ1v) is 17.8. The van der Waals surface area contributed by atoms with Crippen molar-refractivity contribution in [3.63, 3.8) is 0 Å². The van der Waals surface area contributed by atoms with Crippen LogP contribution in [0.25, 0.3) is 105 Å². The van der Waals surface area contributed by atoms with Crippen molar-refractivity contribution in [2.45, 2.75) is 0 Å². The molecule has 0 unspecified atom stereocenters. The molecule has 0 atom stereocenters. The van der Waals surface area contributed by atoms with Gasteiger partial charge in [-0.1, -0.05) is 115 Å². The summed E-state index contributed by atoms with van der Waals surface area (Å²) in [4.78, 5) is 19.7. The number of para-hydroxylation sites is 1. The molecule has 5 heteroatoms. The Balaban J connectivity index is 0.968. The van der Waals surface area contributed by atoms with Crippen LogP contribution in [0, 0.1) is 0 Å². The second-order valence-corrected chi connectivity index (χ2v) is 13.6. The van der Waals surface area contributed by atoms with Crippen LogP contribution >= 0.6 is 0 Å². The molecule has 11 rings (SSSR count). The number of imidazole rings is 1. The third-order valence-corrected chi connectivity index (χ3v) is 10.5. The first-order chi connectivity index (χ1) is 26.2. The summed E-state index contributed by atoms with van der Waals surface area (Å²) in [6.07, 6.45) is 7.93. The lowest BCUT2D eigenvalue weighted by Crippen LogP contribution is -1.93. The summed E-state index contributed by atoms with van der Waals surface area (Å²) in [6.45, 7) is 0. The van der Waals surface area contributed by atoms with Crippen LogP contribution in [0.5, 0.6) is 0 Å². The number of hydrogen-bond donors (Lipinski definition) is 0. The zero-order valence-electron chi connectivity index (χ0n) is 28.5. The van der Waals surface area contributed by atoms with Crippen LogP contribution in [0.1, 0.15) is 0 Å². The van der Waals surface area contributed by atoms with Crippen molar-refractivity contribution in [2.75, 3.05) is 0 Å². The van der Waals surface area contributed by atoms with E-state index in [1.165, 1.54) is 16.3 Å². The molecule has 5 nitrogen and oxygen atoms in total. The van der Waals surface area contributed by atoms with Gasteiger partial charge < -0.3 is 4.40 Å². The second kappa shape index (κ2) is 11.7. The highest BCUT2D eigenvalue weighted by Gasteiger charge is 2.16. The molecule has 5 heterocycles. The Labute approximate surface area is 304 Å². The van der Waals surface area contributed by atoms with Crippen LogP contribution in [0.2, 0.25) is 0 Å². The smallest absolute Gasteiger partial charge is 0.146 e. The predicted molar refractivity (Wildman–Crippen MR) is 218 cm³/mol. The molecular formula is C48H29N5. The molecule has 0 saturated carbocycles. The molecular weight excluding hydrogens is 647 g/mol.